The molecule has 21 heavy (non-hydrogen) atoms. The first kappa shape index (κ1) is 17.3. The highest BCUT2D eigenvalue weighted by Gasteiger charge is 2.58. The third kappa shape index (κ3) is 4.10. The Labute approximate surface area is 121 Å². The summed E-state index contributed by atoms with van der Waals surface area (Å²) in [6.45, 7) is 0.348. The number of alkyl halides is 3. The predicted octanol–water partition coefficient (Wildman–Crippen LogP) is 2.44. The summed E-state index contributed by atoms with van der Waals surface area (Å²) in [6.07, 6.45) is -5.16. The Hall–Kier alpha value is -1.77. The molecule has 0 saturated heterocycles. The van der Waals surface area contributed by atoms with Crippen LogP contribution in [-0.2, 0) is 9.59 Å². The highest BCUT2D eigenvalue weighted by molar-refractivity contribution is 8.00. The fraction of sp³-hybridized carbons (Fsp3) is 0.333. The highest BCUT2D eigenvalue weighted by atomic mass is 32.2. The second-order valence-electron chi connectivity index (χ2n) is 4.20. The minimum Gasteiger partial charge on any atom is -0.479 e. The molecule has 0 aliphatic rings. The fourth-order valence-electron chi connectivity index (χ4n) is 1.27. The van der Waals surface area contributed by atoms with Crippen LogP contribution in [-0.4, -0.2) is 34.5 Å². The second-order valence-corrected chi connectivity index (χ2v) is 5.21. The first-order chi connectivity index (χ1) is 9.58. The van der Waals surface area contributed by atoms with E-state index in [9.17, 15) is 27.2 Å². The highest BCUT2D eigenvalue weighted by Crippen LogP contribution is 2.30. The largest absolute Gasteiger partial charge is 0.479 e. The number of hydrogen-bond donors (Lipinski definition) is 2. The molecule has 0 aromatic heterocycles. The van der Waals surface area contributed by atoms with Crippen molar-refractivity contribution in [1.29, 1.82) is 0 Å². The average molecular weight is 325 g/mol. The van der Waals surface area contributed by atoms with E-state index < -0.39 is 35.2 Å². The normalized spacial score (nSPS) is 14.3. The van der Waals surface area contributed by atoms with Crippen LogP contribution < -0.4 is 5.32 Å². The Morgan fingerprint density at radius 1 is 1.29 bits per heavy atom. The molecule has 1 aromatic carbocycles. The van der Waals surface area contributed by atoms with E-state index in [-0.39, 0.29) is 4.90 Å². The Bertz CT molecular complexity index is 550. The van der Waals surface area contributed by atoms with Crippen molar-refractivity contribution in [2.75, 3.05) is 5.75 Å². The SMILES string of the molecule is CC(NC(=O)CSc1ccccc1F)(C(=O)O)C(F)(F)F. The zero-order valence-electron chi connectivity index (χ0n) is 10.7. The van der Waals surface area contributed by atoms with E-state index >= 15 is 0 Å². The maximum atomic E-state index is 13.3. The third-order valence-corrected chi connectivity index (χ3v) is 3.63. The number of carbonyl (C=O) groups excluding carboxylic acids is 1. The second kappa shape index (κ2) is 6.33. The summed E-state index contributed by atoms with van der Waals surface area (Å²) in [5, 5.41) is 10.1. The maximum Gasteiger partial charge on any atom is 0.422 e. The number of benzene rings is 1. The molecule has 4 nitrogen and oxygen atoms in total. The van der Waals surface area contributed by atoms with Gasteiger partial charge in [0.1, 0.15) is 5.82 Å². The number of thioether (sulfide) groups is 1. The number of carboxylic acid groups (broad SMARTS) is 1. The van der Waals surface area contributed by atoms with Crippen LogP contribution in [0.4, 0.5) is 17.6 Å². The summed E-state index contributed by atoms with van der Waals surface area (Å²) < 4.78 is 51.3. The fourth-order valence-corrected chi connectivity index (χ4v) is 2.01. The quantitative estimate of drug-likeness (QED) is 0.645. The van der Waals surface area contributed by atoms with E-state index in [1.807, 2.05) is 0 Å². The van der Waals surface area contributed by atoms with Crippen molar-refractivity contribution in [2.45, 2.75) is 23.5 Å². The van der Waals surface area contributed by atoms with Gasteiger partial charge in [-0.2, -0.15) is 13.2 Å². The van der Waals surface area contributed by atoms with E-state index in [1.165, 1.54) is 23.5 Å². The van der Waals surface area contributed by atoms with Gasteiger partial charge in [-0.25, -0.2) is 9.18 Å². The van der Waals surface area contributed by atoms with Gasteiger partial charge in [0.25, 0.3) is 0 Å². The van der Waals surface area contributed by atoms with Crippen molar-refractivity contribution in [3.63, 3.8) is 0 Å². The summed E-state index contributed by atoms with van der Waals surface area (Å²) in [4.78, 5) is 22.3. The zero-order chi connectivity index (χ0) is 16.3. The van der Waals surface area contributed by atoms with Crippen molar-refractivity contribution in [3.8, 4) is 0 Å². The molecular weight excluding hydrogens is 314 g/mol. The van der Waals surface area contributed by atoms with Crippen LogP contribution in [0.3, 0.4) is 0 Å². The molecule has 0 fully saturated rings. The van der Waals surface area contributed by atoms with E-state index in [1.54, 1.807) is 0 Å². The van der Waals surface area contributed by atoms with Gasteiger partial charge in [0.05, 0.1) is 5.75 Å². The molecule has 0 saturated carbocycles. The molecule has 0 aliphatic carbocycles. The molecule has 9 heteroatoms. The van der Waals surface area contributed by atoms with Crippen LogP contribution >= 0.6 is 11.8 Å². The van der Waals surface area contributed by atoms with E-state index in [0.29, 0.717) is 18.7 Å². The number of carboxylic acids is 1. The summed E-state index contributed by atoms with van der Waals surface area (Å²) in [7, 11) is 0. The molecule has 1 atom stereocenters. The van der Waals surface area contributed by atoms with Gasteiger partial charge in [-0.1, -0.05) is 12.1 Å². The van der Waals surface area contributed by atoms with Crippen LogP contribution in [0.15, 0.2) is 29.2 Å². The molecule has 0 aliphatic heterocycles. The summed E-state index contributed by atoms with van der Waals surface area (Å²) in [5.74, 6) is -4.54. The minimum absolute atomic E-state index is 0.0803. The van der Waals surface area contributed by atoms with Crippen molar-refractivity contribution < 1.29 is 32.3 Å². The summed E-state index contributed by atoms with van der Waals surface area (Å²) in [6, 6.07) is 5.41. The van der Waals surface area contributed by atoms with Gasteiger partial charge in [0.15, 0.2) is 0 Å². The molecular formula is C12H11F4NO3S. The standard InChI is InChI=1S/C12H11F4NO3S/c1-11(10(19)20,12(14,15)16)17-9(18)6-21-8-5-3-2-4-7(8)13/h2-5H,6H2,1H3,(H,17,18)(H,19,20). The van der Waals surface area contributed by atoms with Crippen molar-refractivity contribution in [3.05, 3.63) is 30.1 Å². The van der Waals surface area contributed by atoms with Crippen molar-refractivity contribution in [1.82, 2.24) is 5.32 Å². The Morgan fingerprint density at radius 2 is 1.86 bits per heavy atom. The first-order valence-corrected chi connectivity index (χ1v) is 6.55. The van der Waals surface area contributed by atoms with Crippen LogP contribution in [0.5, 0.6) is 0 Å². The Balaban J connectivity index is 2.73. The topological polar surface area (TPSA) is 66.4 Å². The molecule has 1 aromatic rings. The lowest BCUT2D eigenvalue weighted by Crippen LogP contribution is -2.62. The monoisotopic (exact) mass is 325 g/mol. The molecule has 2 N–H and O–H groups in total. The number of carbonyl (C=O) groups is 2. The molecule has 1 rings (SSSR count). The molecule has 1 unspecified atom stereocenters. The van der Waals surface area contributed by atoms with Gasteiger partial charge < -0.3 is 10.4 Å². The first-order valence-electron chi connectivity index (χ1n) is 5.56. The van der Waals surface area contributed by atoms with Crippen LogP contribution in [0, 0.1) is 5.82 Å². The van der Waals surface area contributed by atoms with Crippen molar-refractivity contribution in [2.24, 2.45) is 0 Å². The van der Waals surface area contributed by atoms with Gasteiger partial charge in [-0.15, -0.1) is 11.8 Å². The predicted molar refractivity (Wildman–Crippen MR) is 67.4 cm³/mol. The number of amides is 1. The lowest BCUT2D eigenvalue weighted by molar-refractivity contribution is -0.206. The van der Waals surface area contributed by atoms with Crippen LogP contribution in [0.25, 0.3) is 0 Å². The maximum absolute atomic E-state index is 13.3. The molecule has 0 radical (unpaired) electrons. The van der Waals surface area contributed by atoms with Gasteiger partial charge in [0, 0.05) is 4.90 Å². The molecule has 0 bridgehead atoms. The van der Waals surface area contributed by atoms with Gasteiger partial charge >= 0.3 is 12.1 Å². The van der Waals surface area contributed by atoms with E-state index in [0.717, 1.165) is 6.07 Å². The lowest BCUT2D eigenvalue weighted by atomic mass is 10.0. The van der Waals surface area contributed by atoms with Crippen LogP contribution in [0.2, 0.25) is 0 Å². The number of halogens is 4. The molecule has 0 spiro atoms. The number of aliphatic carboxylic acids is 1. The molecule has 116 valence electrons. The van der Waals surface area contributed by atoms with E-state index in [2.05, 4.69) is 0 Å². The van der Waals surface area contributed by atoms with Gasteiger partial charge in [0.2, 0.25) is 11.4 Å². The average Bonchev–Trinajstić information content (AvgIpc) is 2.36. The molecule has 1 amide bonds. The third-order valence-electron chi connectivity index (χ3n) is 2.58. The smallest absolute Gasteiger partial charge is 0.422 e. The Kier molecular flexibility index (Phi) is 5.21. The number of nitrogens with one attached hydrogen (secondary N) is 1. The van der Waals surface area contributed by atoms with Gasteiger partial charge in [-0.3, -0.25) is 4.79 Å². The summed E-state index contributed by atoms with van der Waals surface area (Å²) in [5.41, 5.74) is -3.39. The molecule has 0 heterocycles. The lowest BCUT2D eigenvalue weighted by Gasteiger charge is -2.28. The number of hydrogen-bond acceptors (Lipinski definition) is 3. The Morgan fingerprint density at radius 3 is 2.33 bits per heavy atom. The van der Waals surface area contributed by atoms with Crippen molar-refractivity contribution >= 4 is 23.6 Å². The zero-order valence-corrected chi connectivity index (χ0v) is 11.5. The van der Waals surface area contributed by atoms with Crippen LogP contribution in [0.1, 0.15) is 6.92 Å². The van der Waals surface area contributed by atoms with Gasteiger partial charge in [-0.05, 0) is 19.1 Å². The number of rotatable bonds is 5. The summed E-state index contributed by atoms with van der Waals surface area (Å²) >= 11 is 0.671. The van der Waals surface area contributed by atoms with E-state index in [4.69, 9.17) is 5.11 Å². The minimum atomic E-state index is -5.16.